The summed E-state index contributed by atoms with van der Waals surface area (Å²) < 4.78 is 5.83. The fraction of sp³-hybridized carbons (Fsp3) is 0.625. The van der Waals surface area contributed by atoms with Gasteiger partial charge in [0.2, 0.25) is 0 Å². The van der Waals surface area contributed by atoms with Crippen LogP contribution in [0.25, 0.3) is 0 Å². The maximum absolute atomic E-state index is 9.82. The quantitative estimate of drug-likeness (QED) is 0.829. The van der Waals surface area contributed by atoms with E-state index < -0.39 is 6.10 Å². The highest BCUT2D eigenvalue weighted by Crippen LogP contribution is 2.25. The van der Waals surface area contributed by atoms with Crippen LogP contribution in [0.15, 0.2) is 24.3 Å². The third-order valence-electron chi connectivity index (χ3n) is 3.92. The maximum Gasteiger partial charge on any atom is 0.119 e. The maximum atomic E-state index is 9.82. The van der Waals surface area contributed by atoms with Gasteiger partial charge in [0.15, 0.2) is 0 Å². The molecule has 0 bridgehead atoms. The van der Waals surface area contributed by atoms with Crippen LogP contribution in [0.4, 0.5) is 0 Å². The third-order valence-corrected chi connectivity index (χ3v) is 3.92. The van der Waals surface area contributed by atoms with Gasteiger partial charge in [0.25, 0.3) is 0 Å². The van der Waals surface area contributed by atoms with Gasteiger partial charge in [-0.1, -0.05) is 31.4 Å². The predicted octanol–water partition coefficient (Wildman–Crippen LogP) is 3.03. The summed E-state index contributed by atoms with van der Waals surface area (Å²) in [4.78, 5) is 0. The molecule has 3 N–H and O–H groups in total. The largest absolute Gasteiger partial charge is 0.493 e. The van der Waals surface area contributed by atoms with E-state index in [1.54, 1.807) is 0 Å². The lowest BCUT2D eigenvalue weighted by molar-refractivity contribution is 0.170. The first-order valence-corrected chi connectivity index (χ1v) is 7.40. The standard InChI is InChI=1S/C16H25NO2/c17-11-10-16(18)14-6-8-15(9-7-14)19-12-13-4-2-1-3-5-13/h6-9,13,16,18H,1-5,10-12,17H2/t16-/m1/s1. The van der Waals surface area contributed by atoms with E-state index in [9.17, 15) is 5.11 Å². The SMILES string of the molecule is NCC[C@@H](O)c1ccc(OCC2CCCCC2)cc1. The monoisotopic (exact) mass is 263 g/mol. The molecule has 0 heterocycles. The van der Waals surface area contributed by atoms with Gasteiger partial charge in [-0.3, -0.25) is 0 Å². The van der Waals surface area contributed by atoms with E-state index in [-0.39, 0.29) is 0 Å². The van der Waals surface area contributed by atoms with Crippen molar-refractivity contribution in [1.82, 2.24) is 0 Å². The van der Waals surface area contributed by atoms with E-state index in [0.717, 1.165) is 23.8 Å². The zero-order chi connectivity index (χ0) is 13.5. The van der Waals surface area contributed by atoms with Crippen molar-refractivity contribution in [3.8, 4) is 5.75 Å². The molecule has 2 rings (SSSR count). The molecule has 3 nitrogen and oxygen atoms in total. The highest BCUT2D eigenvalue weighted by Gasteiger charge is 2.14. The van der Waals surface area contributed by atoms with Crippen molar-refractivity contribution in [3.63, 3.8) is 0 Å². The van der Waals surface area contributed by atoms with Gasteiger partial charge in [-0.05, 0) is 49.4 Å². The van der Waals surface area contributed by atoms with E-state index in [1.807, 2.05) is 24.3 Å². The minimum Gasteiger partial charge on any atom is -0.493 e. The highest BCUT2D eigenvalue weighted by molar-refractivity contribution is 5.28. The van der Waals surface area contributed by atoms with Gasteiger partial charge >= 0.3 is 0 Å². The van der Waals surface area contributed by atoms with E-state index in [1.165, 1.54) is 32.1 Å². The molecule has 0 aliphatic heterocycles. The molecule has 0 radical (unpaired) electrons. The second-order valence-corrected chi connectivity index (χ2v) is 5.48. The predicted molar refractivity (Wildman–Crippen MR) is 77.1 cm³/mol. The molecule has 0 amide bonds. The van der Waals surface area contributed by atoms with Gasteiger partial charge in [-0.25, -0.2) is 0 Å². The fourth-order valence-electron chi connectivity index (χ4n) is 2.68. The first kappa shape index (κ1) is 14.4. The zero-order valence-electron chi connectivity index (χ0n) is 11.6. The number of aliphatic hydroxyl groups is 1. The Morgan fingerprint density at radius 2 is 1.84 bits per heavy atom. The molecule has 0 aromatic heterocycles. The number of nitrogens with two attached hydrogens (primary N) is 1. The first-order valence-electron chi connectivity index (χ1n) is 7.40. The highest BCUT2D eigenvalue weighted by atomic mass is 16.5. The van der Waals surface area contributed by atoms with Gasteiger partial charge < -0.3 is 15.6 Å². The normalized spacial score (nSPS) is 18.2. The lowest BCUT2D eigenvalue weighted by atomic mass is 9.90. The molecule has 1 saturated carbocycles. The van der Waals surface area contributed by atoms with Crippen molar-refractivity contribution in [2.75, 3.05) is 13.2 Å². The van der Waals surface area contributed by atoms with Crippen LogP contribution in [0, 0.1) is 5.92 Å². The molecule has 0 unspecified atom stereocenters. The molecule has 106 valence electrons. The average molecular weight is 263 g/mol. The summed E-state index contributed by atoms with van der Waals surface area (Å²) in [5.74, 6) is 1.62. The molecule has 1 aliphatic rings. The van der Waals surface area contributed by atoms with Crippen LogP contribution in [0.1, 0.15) is 50.2 Å². The second kappa shape index (κ2) is 7.51. The smallest absolute Gasteiger partial charge is 0.119 e. The summed E-state index contributed by atoms with van der Waals surface area (Å²) in [5.41, 5.74) is 6.35. The van der Waals surface area contributed by atoms with Crippen LogP contribution in [0.2, 0.25) is 0 Å². The Hall–Kier alpha value is -1.06. The summed E-state index contributed by atoms with van der Waals surface area (Å²) in [6.45, 7) is 1.33. The minimum absolute atomic E-state index is 0.461. The Morgan fingerprint density at radius 3 is 2.47 bits per heavy atom. The van der Waals surface area contributed by atoms with Gasteiger partial charge in [0.05, 0.1) is 12.7 Å². The molecule has 1 aliphatic carbocycles. The Bertz CT molecular complexity index is 358. The Labute approximate surface area is 115 Å². The number of ether oxygens (including phenoxy) is 1. The molecule has 0 spiro atoms. The number of hydrogen-bond acceptors (Lipinski definition) is 3. The number of benzene rings is 1. The molecule has 1 atom stereocenters. The van der Waals surface area contributed by atoms with Crippen molar-refractivity contribution in [3.05, 3.63) is 29.8 Å². The van der Waals surface area contributed by atoms with Crippen LogP contribution >= 0.6 is 0 Å². The second-order valence-electron chi connectivity index (χ2n) is 5.48. The van der Waals surface area contributed by atoms with Crippen LogP contribution in [0.3, 0.4) is 0 Å². The van der Waals surface area contributed by atoms with E-state index in [4.69, 9.17) is 10.5 Å². The Kier molecular flexibility index (Phi) is 5.67. The Morgan fingerprint density at radius 1 is 1.16 bits per heavy atom. The van der Waals surface area contributed by atoms with Crippen LogP contribution < -0.4 is 10.5 Å². The molecule has 1 aromatic rings. The van der Waals surface area contributed by atoms with Crippen molar-refractivity contribution in [1.29, 1.82) is 0 Å². The van der Waals surface area contributed by atoms with Crippen molar-refractivity contribution in [2.45, 2.75) is 44.6 Å². The van der Waals surface area contributed by atoms with E-state index in [2.05, 4.69) is 0 Å². The van der Waals surface area contributed by atoms with Crippen LogP contribution in [-0.2, 0) is 0 Å². The molecule has 1 fully saturated rings. The van der Waals surface area contributed by atoms with E-state index >= 15 is 0 Å². The minimum atomic E-state index is -0.461. The van der Waals surface area contributed by atoms with Gasteiger partial charge in [-0.15, -0.1) is 0 Å². The number of hydrogen-bond donors (Lipinski definition) is 2. The fourth-order valence-corrected chi connectivity index (χ4v) is 2.68. The van der Waals surface area contributed by atoms with Crippen molar-refractivity contribution < 1.29 is 9.84 Å². The van der Waals surface area contributed by atoms with Crippen molar-refractivity contribution in [2.24, 2.45) is 11.7 Å². The summed E-state index contributed by atoms with van der Waals surface area (Å²) in [7, 11) is 0. The summed E-state index contributed by atoms with van der Waals surface area (Å²) in [6, 6.07) is 7.74. The zero-order valence-corrected chi connectivity index (χ0v) is 11.6. The lowest BCUT2D eigenvalue weighted by Gasteiger charge is -2.21. The number of aliphatic hydroxyl groups excluding tert-OH is 1. The molecule has 19 heavy (non-hydrogen) atoms. The number of rotatable bonds is 6. The molecule has 3 heteroatoms. The van der Waals surface area contributed by atoms with E-state index in [0.29, 0.717) is 13.0 Å². The summed E-state index contributed by atoms with van der Waals surface area (Å²) in [6.07, 6.45) is 6.81. The van der Waals surface area contributed by atoms with Gasteiger partial charge in [0, 0.05) is 0 Å². The molecule has 1 aromatic carbocycles. The molecular formula is C16H25NO2. The molecular weight excluding hydrogens is 238 g/mol. The van der Waals surface area contributed by atoms with Crippen LogP contribution in [-0.4, -0.2) is 18.3 Å². The average Bonchev–Trinajstić information content (AvgIpc) is 2.47. The first-order chi connectivity index (χ1) is 9.29. The third kappa shape index (κ3) is 4.51. The van der Waals surface area contributed by atoms with Gasteiger partial charge in [0.1, 0.15) is 5.75 Å². The van der Waals surface area contributed by atoms with Gasteiger partial charge in [-0.2, -0.15) is 0 Å². The Balaban J connectivity index is 1.81. The molecule has 0 saturated heterocycles. The van der Waals surface area contributed by atoms with Crippen molar-refractivity contribution >= 4 is 0 Å². The lowest BCUT2D eigenvalue weighted by Crippen LogP contribution is -2.15. The summed E-state index contributed by atoms with van der Waals surface area (Å²) in [5, 5.41) is 9.82. The van der Waals surface area contributed by atoms with Crippen LogP contribution in [0.5, 0.6) is 5.75 Å². The summed E-state index contributed by atoms with van der Waals surface area (Å²) >= 11 is 0. The topological polar surface area (TPSA) is 55.5 Å².